The highest BCUT2D eigenvalue weighted by atomic mass is 35.5. The zero-order valence-corrected chi connectivity index (χ0v) is 16.7. The highest BCUT2D eigenvalue weighted by Crippen LogP contribution is 2.25. The minimum atomic E-state index is -0.533. The second-order valence-corrected chi connectivity index (χ2v) is 7.27. The van der Waals surface area contributed by atoms with Gasteiger partial charge < -0.3 is 5.32 Å². The number of carbonyl (C=O) groups is 1. The number of hydrogen-bond acceptors (Lipinski definition) is 3. The number of fused-ring (bicyclic) bond motifs is 1. The fourth-order valence-electron chi connectivity index (χ4n) is 3.17. The Balaban J connectivity index is 1.55. The lowest BCUT2D eigenvalue weighted by Crippen LogP contribution is -2.27. The van der Waals surface area contributed by atoms with Crippen molar-refractivity contribution in [1.29, 1.82) is 5.26 Å². The van der Waals surface area contributed by atoms with Gasteiger partial charge in [-0.25, -0.2) is 4.39 Å². The first-order chi connectivity index (χ1) is 13.9. The summed E-state index contributed by atoms with van der Waals surface area (Å²) in [5.41, 5.74) is 2.60. The van der Waals surface area contributed by atoms with Crippen LogP contribution in [-0.4, -0.2) is 15.7 Å². The maximum atomic E-state index is 14.0. The summed E-state index contributed by atoms with van der Waals surface area (Å²) in [6.07, 6.45) is 2.41. The van der Waals surface area contributed by atoms with Gasteiger partial charge in [-0.3, -0.25) is 9.48 Å². The van der Waals surface area contributed by atoms with E-state index in [1.807, 2.05) is 6.07 Å². The van der Waals surface area contributed by atoms with Crippen molar-refractivity contribution in [3.63, 3.8) is 0 Å². The zero-order valence-electron chi connectivity index (χ0n) is 16.0. The minimum absolute atomic E-state index is 0.207. The fraction of sp³-hybridized carbons (Fsp3) is 0.227. The Kier molecular flexibility index (Phi) is 6.30. The predicted octanol–water partition coefficient (Wildman–Crippen LogP) is 4.91. The van der Waals surface area contributed by atoms with E-state index >= 15 is 0 Å². The Morgan fingerprint density at radius 1 is 1.38 bits per heavy atom. The van der Waals surface area contributed by atoms with Gasteiger partial charge in [0, 0.05) is 22.4 Å². The Morgan fingerprint density at radius 3 is 2.90 bits per heavy atom. The molecule has 148 valence electrons. The summed E-state index contributed by atoms with van der Waals surface area (Å²) >= 11 is 6.05. The summed E-state index contributed by atoms with van der Waals surface area (Å²) < 4.78 is 15.8. The first-order valence-electron chi connectivity index (χ1n) is 9.14. The topological polar surface area (TPSA) is 70.7 Å². The van der Waals surface area contributed by atoms with Crippen molar-refractivity contribution < 1.29 is 9.18 Å². The summed E-state index contributed by atoms with van der Waals surface area (Å²) in [5.74, 6) is -0.651. The number of rotatable bonds is 7. The van der Waals surface area contributed by atoms with Crippen molar-refractivity contribution >= 4 is 28.4 Å². The number of amides is 1. The molecule has 1 unspecified atom stereocenters. The number of halogens is 2. The van der Waals surface area contributed by atoms with Gasteiger partial charge in [0.2, 0.25) is 5.91 Å². The molecule has 0 radical (unpaired) electrons. The summed E-state index contributed by atoms with van der Waals surface area (Å²) in [5, 5.41) is 17.3. The van der Waals surface area contributed by atoms with Crippen molar-refractivity contribution in [1.82, 2.24) is 15.1 Å². The minimum Gasteiger partial charge on any atom is -0.349 e. The van der Waals surface area contributed by atoms with Crippen molar-refractivity contribution in [2.24, 2.45) is 0 Å². The quantitative estimate of drug-likeness (QED) is 0.562. The van der Waals surface area contributed by atoms with Gasteiger partial charge in [-0.1, -0.05) is 29.8 Å². The molecule has 7 heteroatoms. The van der Waals surface area contributed by atoms with Gasteiger partial charge >= 0.3 is 0 Å². The second kappa shape index (κ2) is 8.89. The van der Waals surface area contributed by atoms with Gasteiger partial charge in [-0.15, -0.1) is 0 Å². The molecule has 0 aliphatic carbocycles. The van der Waals surface area contributed by atoms with Gasteiger partial charge in [0.1, 0.15) is 5.82 Å². The third kappa shape index (κ3) is 4.82. The maximum Gasteiger partial charge on any atom is 0.220 e. The summed E-state index contributed by atoms with van der Waals surface area (Å²) in [6.45, 7) is 6.20. The second-order valence-electron chi connectivity index (χ2n) is 6.86. The number of nitrogens with zero attached hydrogens (tertiary/aromatic N) is 3. The molecule has 1 atom stereocenters. The molecule has 1 N–H and O–H groups in total. The van der Waals surface area contributed by atoms with Gasteiger partial charge in [0.05, 0.1) is 35.9 Å². The molecule has 0 fully saturated rings. The number of nitrogens with one attached hydrogen (secondary N) is 1. The van der Waals surface area contributed by atoms with E-state index in [-0.39, 0.29) is 22.9 Å². The molecule has 5 nitrogen and oxygen atoms in total. The fourth-order valence-corrected chi connectivity index (χ4v) is 3.50. The smallest absolute Gasteiger partial charge is 0.220 e. The number of nitriles is 1. The van der Waals surface area contributed by atoms with Gasteiger partial charge in [-0.05, 0) is 43.7 Å². The van der Waals surface area contributed by atoms with Crippen LogP contribution in [0.25, 0.3) is 10.9 Å². The Hall–Kier alpha value is -3.17. The van der Waals surface area contributed by atoms with Gasteiger partial charge in [0.25, 0.3) is 0 Å². The average Bonchev–Trinajstić information content (AvgIpc) is 3.08. The van der Waals surface area contributed by atoms with Crippen LogP contribution in [0.2, 0.25) is 5.02 Å². The normalized spacial score (nSPS) is 11.8. The molecule has 0 aliphatic rings. The molecule has 0 saturated carbocycles. The largest absolute Gasteiger partial charge is 0.349 e. The molecule has 3 rings (SSSR count). The first-order valence-corrected chi connectivity index (χ1v) is 9.52. The van der Waals surface area contributed by atoms with Gasteiger partial charge in [-0.2, -0.15) is 10.4 Å². The van der Waals surface area contributed by atoms with Crippen LogP contribution in [0.4, 0.5) is 4.39 Å². The predicted molar refractivity (Wildman–Crippen MR) is 111 cm³/mol. The lowest BCUT2D eigenvalue weighted by atomic mass is 10.1. The van der Waals surface area contributed by atoms with Crippen molar-refractivity contribution in [2.75, 3.05) is 0 Å². The van der Waals surface area contributed by atoms with Crippen molar-refractivity contribution in [3.8, 4) is 6.07 Å². The lowest BCUT2D eigenvalue weighted by molar-refractivity contribution is -0.121. The Labute approximate surface area is 173 Å². The van der Waals surface area contributed by atoms with Crippen LogP contribution >= 0.6 is 11.6 Å². The molecule has 1 heterocycles. The maximum absolute atomic E-state index is 14.0. The van der Waals surface area contributed by atoms with E-state index in [2.05, 4.69) is 23.1 Å². The molecular weight excluding hydrogens is 391 g/mol. The number of hydrogen-bond donors (Lipinski definition) is 1. The van der Waals surface area contributed by atoms with Crippen molar-refractivity contribution in [3.05, 3.63) is 76.7 Å². The van der Waals surface area contributed by atoms with Gasteiger partial charge in [0.15, 0.2) is 0 Å². The number of aromatic nitrogens is 2. The van der Waals surface area contributed by atoms with E-state index in [1.165, 1.54) is 12.1 Å². The SMILES string of the molecule is C=C(CCC(=O)NC(C)c1c(F)cccc1Cl)Cn1ncc2cc(C#N)ccc21. The number of benzene rings is 2. The van der Waals surface area contributed by atoms with Crippen LogP contribution in [0, 0.1) is 17.1 Å². The molecule has 1 aromatic heterocycles. The Bertz CT molecular complexity index is 1100. The van der Waals surface area contributed by atoms with Crippen LogP contribution in [0.15, 0.2) is 54.7 Å². The van der Waals surface area contributed by atoms with E-state index in [0.29, 0.717) is 18.5 Å². The number of carbonyl (C=O) groups excluding carboxylic acids is 1. The molecule has 2 aromatic carbocycles. The van der Waals surface area contributed by atoms with E-state index < -0.39 is 11.9 Å². The third-order valence-electron chi connectivity index (χ3n) is 4.66. The molecule has 0 aliphatic heterocycles. The molecule has 0 saturated heterocycles. The highest BCUT2D eigenvalue weighted by Gasteiger charge is 2.17. The molecule has 0 spiro atoms. The summed E-state index contributed by atoms with van der Waals surface area (Å²) in [7, 11) is 0. The van der Waals surface area contributed by atoms with Crippen molar-refractivity contribution in [2.45, 2.75) is 32.4 Å². The third-order valence-corrected chi connectivity index (χ3v) is 4.99. The average molecular weight is 411 g/mol. The van der Waals surface area contributed by atoms with Crippen LogP contribution in [0.1, 0.15) is 36.9 Å². The van der Waals surface area contributed by atoms with Crippen LogP contribution in [-0.2, 0) is 11.3 Å². The van der Waals surface area contributed by atoms with E-state index in [1.54, 1.807) is 36.0 Å². The first kappa shape index (κ1) is 20.6. The van der Waals surface area contributed by atoms with E-state index in [9.17, 15) is 9.18 Å². The van der Waals surface area contributed by atoms with Crippen LogP contribution < -0.4 is 5.32 Å². The van der Waals surface area contributed by atoms with Crippen LogP contribution in [0.5, 0.6) is 0 Å². The standard InChI is InChI=1S/C22H20ClFN4O/c1-14(13-28-20-8-7-16(11-25)10-17(20)12-26-28)6-9-21(29)27-15(2)22-18(23)4-3-5-19(22)24/h3-5,7-8,10,12,15H,1,6,9,13H2,2H3,(H,27,29). The molecule has 3 aromatic rings. The summed E-state index contributed by atoms with van der Waals surface area (Å²) in [4.78, 5) is 12.3. The Morgan fingerprint density at radius 2 is 2.17 bits per heavy atom. The molecule has 0 bridgehead atoms. The molecule has 29 heavy (non-hydrogen) atoms. The zero-order chi connectivity index (χ0) is 21.0. The molecular formula is C22H20ClFN4O. The highest BCUT2D eigenvalue weighted by molar-refractivity contribution is 6.31. The number of allylic oxidation sites excluding steroid dienone is 1. The monoisotopic (exact) mass is 410 g/mol. The molecule has 1 amide bonds. The van der Waals surface area contributed by atoms with E-state index in [4.69, 9.17) is 16.9 Å². The van der Waals surface area contributed by atoms with E-state index in [0.717, 1.165) is 16.5 Å². The lowest BCUT2D eigenvalue weighted by Gasteiger charge is -2.17. The van der Waals surface area contributed by atoms with Crippen LogP contribution in [0.3, 0.4) is 0 Å². The summed E-state index contributed by atoms with van der Waals surface area (Å²) in [6, 6.07) is 11.4.